The van der Waals surface area contributed by atoms with Gasteiger partial charge in [-0.2, -0.15) is 0 Å². The van der Waals surface area contributed by atoms with Gasteiger partial charge in [0.15, 0.2) is 0 Å². The first-order chi connectivity index (χ1) is 9.38. The fourth-order valence-electron chi connectivity index (χ4n) is 2.22. The van der Waals surface area contributed by atoms with E-state index in [9.17, 15) is 13.4 Å². The largest absolute Gasteiger partial charge is 0.352 e. The van der Waals surface area contributed by atoms with Gasteiger partial charge in [-0.3, -0.25) is 9.00 Å². The van der Waals surface area contributed by atoms with E-state index in [0.717, 1.165) is 12.0 Å². The van der Waals surface area contributed by atoms with E-state index in [1.165, 1.54) is 12.1 Å². The number of nitrogens with one attached hydrogen (secondary N) is 1. The van der Waals surface area contributed by atoms with Crippen LogP contribution in [0.3, 0.4) is 0 Å². The number of rotatable bonds is 5. The lowest BCUT2D eigenvalue weighted by Gasteiger charge is -2.10. The molecule has 110 valence electrons. The van der Waals surface area contributed by atoms with Crippen molar-refractivity contribution in [3.63, 3.8) is 0 Å². The average molecular weight is 318 g/mol. The Morgan fingerprint density at radius 2 is 2.30 bits per heavy atom. The second-order valence-corrected chi connectivity index (χ2v) is 7.16. The van der Waals surface area contributed by atoms with Gasteiger partial charge in [0, 0.05) is 40.7 Å². The molecule has 2 rings (SSSR count). The molecule has 0 radical (unpaired) electrons. The summed E-state index contributed by atoms with van der Waals surface area (Å²) >= 11 is 5.64. The van der Waals surface area contributed by atoms with Gasteiger partial charge in [0.1, 0.15) is 5.82 Å². The van der Waals surface area contributed by atoms with Crippen LogP contribution < -0.4 is 5.32 Å². The van der Waals surface area contributed by atoms with E-state index in [1.807, 2.05) is 0 Å². The molecule has 0 spiro atoms. The molecule has 0 saturated heterocycles. The minimum absolute atomic E-state index is 0.0378. The number of benzene rings is 1. The standard InChI is InChI=1S/C14H17ClFNO2S/c1-8(7-20(2)19)14(18)17-13-6-10(13)9-3-4-11(15)12(16)5-9/h3-5,8,10,13H,6-7H2,1-2H3,(H,17,18)/t8-,10-,13+,20-/m0/s1. The summed E-state index contributed by atoms with van der Waals surface area (Å²) in [6.07, 6.45) is 2.38. The Morgan fingerprint density at radius 1 is 1.60 bits per heavy atom. The zero-order valence-corrected chi connectivity index (χ0v) is 12.9. The highest BCUT2D eigenvalue weighted by Gasteiger charge is 2.40. The number of amides is 1. The quantitative estimate of drug-likeness (QED) is 0.907. The molecule has 0 aliphatic heterocycles. The molecular formula is C14H17ClFNO2S. The van der Waals surface area contributed by atoms with Crippen LogP contribution in [-0.2, 0) is 15.6 Å². The van der Waals surface area contributed by atoms with E-state index in [-0.39, 0.29) is 28.8 Å². The van der Waals surface area contributed by atoms with Gasteiger partial charge in [-0.15, -0.1) is 0 Å². The van der Waals surface area contributed by atoms with Gasteiger partial charge in [0.25, 0.3) is 0 Å². The van der Waals surface area contributed by atoms with Crippen molar-refractivity contribution >= 4 is 28.3 Å². The Morgan fingerprint density at radius 3 is 2.90 bits per heavy atom. The molecule has 1 saturated carbocycles. The minimum atomic E-state index is -0.986. The molecule has 6 heteroatoms. The molecule has 1 fully saturated rings. The molecule has 0 heterocycles. The highest BCUT2D eigenvalue weighted by atomic mass is 35.5. The van der Waals surface area contributed by atoms with E-state index in [4.69, 9.17) is 11.6 Å². The first kappa shape index (κ1) is 15.4. The lowest BCUT2D eigenvalue weighted by molar-refractivity contribution is -0.124. The van der Waals surface area contributed by atoms with E-state index >= 15 is 0 Å². The molecule has 0 unspecified atom stereocenters. The van der Waals surface area contributed by atoms with Gasteiger partial charge in [-0.05, 0) is 24.1 Å². The van der Waals surface area contributed by atoms with Gasteiger partial charge in [-0.25, -0.2) is 4.39 Å². The van der Waals surface area contributed by atoms with Crippen LogP contribution in [0.25, 0.3) is 0 Å². The van der Waals surface area contributed by atoms with Crippen molar-refractivity contribution in [1.82, 2.24) is 5.32 Å². The molecule has 1 amide bonds. The summed E-state index contributed by atoms with van der Waals surface area (Å²) in [5.41, 5.74) is 0.851. The second kappa shape index (κ2) is 6.22. The lowest BCUT2D eigenvalue weighted by Crippen LogP contribution is -2.34. The van der Waals surface area contributed by atoms with Gasteiger partial charge in [0.05, 0.1) is 5.02 Å². The van der Waals surface area contributed by atoms with Crippen molar-refractivity contribution in [2.45, 2.75) is 25.3 Å². The second-order valence-electron chi connectivity index (χ2n) is 5.27. The third kappa shape index (κ3) is 3.79. The molecule has 0 aromatic heterocycles. The third-order valence-electron chi connectivity index (χ3n) is 3.42. The number of carbonyl (C=O) groups is 1. The molecule has 1 aromatic rings. The van der Waals surface area contributed by atoms with Crippen LogP contribution in [0.4, 0.5) is 4.39 Å². The summed E-state index contributed by atoms with van der Waals surface area (Å²) in [7, 11) is -0.986. The van der Waals surface area contributed by atoms with E-state index < -0.39 is 16.6 Å². The average Bonchev–Trinajstić information content (AvgIpc) is 3.11. The maximum Gasteiger partial charge on any atom is 0.223 e. The molecule has 1 aliphatic rings. The first-order valence-electron chi connectivity index (χ1n) is 6.44. The molecule has 1 aliphatic carbocycles. The molecule has 0 bridgehead atoms. The summed E-state index contributed by atoms with van der Waals surface area (Å²) in [4.78, 5) is 11.9. The maximum atomic E-state index is 13.4. The summed E-state index contributed by atoms with van der Waals surface area (Å²) < 4.78 is 24.5. The summed E-state index contributed by atoms with van der Waals surface area (Å²) in [6, 6.07) is 4.78. The molecular weight excluding hydrogens is 301 g/mol. The highest BCUT2D eigenvalue weighted by Crippen LogP contribution is 2.41. The highest BCUT2D eigenvalue weighted by molar-refractivity contribution is 7.84. The van der Waals surface area contributed by atoms with Gasteiger partial charge in [-0.1, -0.05) is 24.6 Å². The van der Waals surface area contributed by atoms with Gasteiger partial charge >= 0.3 is 0 Å². The fourth-order valence-corrected chi connectivity index (χ4v) is 3.19. The Hall–Kier alpha value is -0.940. The number of carbonyl (C=O) groups excluding carboxylic acids is 1. The van der Waals surface area contributed by atoms with Crippen LogP contribution in [0.1, 0.15) is 24.8 Å². The van der Waals surface area contributed by atoms with Crippen molar-refractivity contribution in [3.8, 4) is 0 Å². The van der Waals surface area contributed by atoms with Crippen molar-refractivity contribution in [3.05, 3.63) is 34.6 Å². The molecule has 3 nitrogen and oxygen atoms in total. The van der Waals surface area contributed by atoms with Crippen molar-refractivity contribution in [2.75, 3.05) is 12.0 Å². The van der Waals surface area contributed by atoms with Crippen LogP contribution in [0.2, 0.25) is 5.02 Å². The van der Waals surface area contributed by atoms with Gasteiger partial charge in [0.2, 0.25) is 5.91 Å². The summed E-state index contributed by atoms with van der Waals surface area (Å²) in [6.45, 7) is 1.76. The smallest absolute Gasteiger partial charge is 0.223 e. The molecule has 1 aromatic carbocycles. The Kier molecular flexibility index (Phi) is 4.81. The molecule has 20 heavy (non-hydrogen) atoms. The predicted molar refractivity (Wildman–Crippen MR) is 78.8 cm³/mol. The summed E-state index contributed by atoms with van der Waals surface area (Å²) in [5.74, 6) is -0.300. The van der Waals surface area contributed by atoms with Crippen LogP contribution in [0.15, 0.2) is 18.2 Å². The topological polar surface area (TPSA) is 46.2 Å². The maximum absolute atomic E-state index is 13.4. The Bertz CT molecular complexity index is 552. The first-order valence-corrected chi connectivity index (χ1v) is 8.54. The van der Waals surface area contributed by atoms with E-state index in [0.29, 0.717) is 5.75 Å². The van der Waals surface area contributed by atoms with Crippen LogP contribution in [-0.4, -0.2) is 28.2 Å². The van der Waals surface area contributed by atoms with Crippen molar-refractivity contribution in [1.29, 1.82) is 0 Å². The predicted octanol–water partition coefficient (Wildman–Crippen LogP) is 2.47. The monoisotopic (exact) mass is 317 g/mol. The SMILES string of the molecule is C[C@@H](C[S@](C)=O)C(=O)N[C@@H]1C[C@H]1c1ccc(Cl)c(F)c1. The molecule has 1 N–H and O–H groups in total. The minimum Gasteiger partial charge on any atom is -0.352 e. The zero-order chi connectivity index (χ0) is 14.9. The van der Waals surface area contributed by atoms with Crippen LogP contribution >= 0.6 is 11.6 Å². The third-order valence-corrected chi connectivity index (χ3v) is 4.70. The van der Waals surface area contributed by atoms with Crippen molar-refractivity contribution < 1.29 is 13.4 Å². The normalized spacial score (nSPS) is 24.0. The van der Waals surface area contributed by atoms with Crippen LogP contribution in [0, 0.1) is 11.7 Å². The van der Waals surface area contributed by atoms with Crippen molar-refractivity contribution in [2.24, 2.45) is 5.92 Å². The Labute approximate surface area is 125 Å². The van der Waals surface area contributed by atoms with E-state index in [2.05, 4.69) is 5.32 Å². The van der Waals surface area contributed by atoms with Crippen LogP contribution in [0.5, 0.6) is 0 Å². The van der Waals surface area contributed by atoms with E-state index in [1.54, 1.807) is 19.2 Å². The van der Waals surface area contributed by atoms with Gasteiger partial charge < -0.3 is 5.32 Å². The lowest BCUT2D eigenvalue weighted by atomic mass is 10.1. The Balaban J connectivity index is 1.90. The number of hydrogen-bond donors (Lipinski definition) is 1. The number of hydrogen-bond acceptors (Lipinski definition) is 2. The zero-order valence-electron chi connectivity index (χ0n) is 11.4. The fraction of sp³-hybridized carbons (Fsp3) is 0.500. The summed E-state index contributed by atoms with van der Waals surface area (Å²) in [5, 5.41) is 3.02. The molecule has 4 atom stereocenters. The number of halogens is 2.